The van der Waals surface area contributed by atoms with Gasteiger partial charge in [0.25, 0.3) is 0 Å². The normalized spacial score (nSPS) is 10.6. The van der Waals surface area contributed by atoms with Gasteiger partial charge in [-0.1, -0.05) is 0 Å². The zero-order chi connectivity index (χ0) is 10.1. The highest BCUT2D eigenvalue weighted by atomic mass is 16.4. The molecule has 5 heteroatoms. The summed E-state index contributed by atoms with van der Waals surface area (Å²) in [5.74, 6) is -0.868. The Hall–Kier alpha value is -1.91. The zero-order valence-electron chi connectivity index (χ0n) is 7.64. The molecule has 0 fully saturated rings. The molecule has 2 rings (SSSR count). The van der Waals surface area contributed by atoms with Gasteiger partial charge in [0, 0.05) is 18.0 Å². The van der Waals surface area contributed by atoms with Gasteiger partial charge in [0.1, 0.15) is 12.0 Å². The highest BCUT2D eigenvalue weighted by Crippen LogP contribution is 2.07. The SMILES string of the molecule is Cc1cc2ncc(CC(=O)O)n2cn1. The highest BCUT2D eigenvalue weighted by molar-refractivity contribution is 5.70. The van der Waals surface area contributed by atoms with Crippen LogP contribution in [0.15, 0.2) is 18.6 Å². The average Bonchev–Trinajstić information content (AvgIpc) is 2.47. The van der Waals surface area contributed by atoms with E-state index < -0.39 is 5.97 Å². The van der Waals surface area contributed by atoms with Crippen LogP contribution in [0.1, 0.15) is 11.4 Å². The maximum atomic E-state index is 10.5. The molecule has 0 saturated heterocycles. The van der Waals surface area contributed by atoms with Crippen molar-refractivity contribution in [2.75, 3.05) is 0 Å². The first-order valence-electron chi connectivity index (χ1n) is 4.17. The number of carboxylic acid groups (broad SMARTS) is 1. The summed E-state index contributed by atoms with van der Waals surface area (Å²) < 4.78 is 1.68. The van der Waals surface area contributed by atoms with E-state index in [1.54, 1.807) is 16.9 Å². The van der Waals surface area contributed by atoms with Crippen LogP contribution in [0.2, 0.25) is 0 Å². The van der Waals surface area contributed by atoms with Crippen LogP contribution in [0, 0.1) is 6.92 Å². The van der Waals surface area contributed by atoms with E-state index >= 15 is 0 Å². The molecular formula is C9H9N3O2. The number of aryl methyl sites for hydroxylation is 1. The molecule has 0 radical (unpaired) electrons. The van der Waals surface area contributed by atoms with E-state index in [4.69, 9.17) is 5.11 Å². The Labute approximate surface area is 80.0 Å². The second-order valence-corrected chi connectivity index (χ2v) is 3.08. The van der Waals surface area contributed by atoms with E-state index in [9.17, 15) is 4.79 Å². The third-order valence-electron chi connectivity index (χ3n) is 1.95. The van der Waals surface area contributed by atoms with Gasteiger partial charge in [0.2, 0.25) is 0 Å². The molecule has 0 amide bonds. The lowest BCUT2D eigenvalue weighted by Crippen LogP contribution is -2.03. The van der Waals surface area contributed by atoms with E-state index in [-0.39, 0.29) is 6.42 Å². The van der Waals surface area contributed by atoms with Gasteiger partial charge in [-0.25, -0.2) is 9.97 Å². The molecule has 2 aromatic heterocycles. The number of hydrogen-bond donors (Lipinski definition) is 1. The van der Waals surface area contributed by atoms with Crippen LogP contribution in [0.5, 0.6) is 0 Å². The van der Waals surface area contributed by atoms with Gasteiger partial charge in [-0.05, 0) is 6.92 Å². The van der Waals surface area contributed by atoms with Gasteiger partial charge < -0.3 is 5.11 Å². The second kappa shape index (κ2) is 3.10. The summed E-state index contributed by atoms with van der Waals surface area (Å²) in [4.78, 5) is 18.7. The van der Waals surface area contributed by atoms with E-state index in [1.165, 1.54) is 0 Å². The number of imidazole rings is 1. The Balaban J connectivity index is 2.52. The van der Waals surface area contributed by atoms with Crippen molar-refractivity contribution in [1.29, 1.82) is 0 Å². The lowest BCUT2D eigenvalue weighted by molar-refractivity contribution is -0.136. The molecule has 72 valence electrons. The number of carbonyl (C=O) groups is 1. The summed E-state index contributed by atoms with van der Waals surface area (Å²) in [7, 11) is 0. The van der Waals surface area contributed by atoms with Crippen LogP contribution in [-0.4, -0.2) is 25.4 Å². The summed E-state index contributed by atoms with van der Waals surface area (Å²) in [6.45, 7) is 1.87. The lowest BCUT2D eigenvalue weighted by atomic mass is 10.3. The molecule has 2 aromatic rings. The summed E-state index contributed by atoms with van der Waals surface area (Å²) >= 11 is 0. The minimum absolute atomic E-state index is 0.0358. The molecule has 14 heavy (non-hydrogen) atoms. The van der Waals surface area contributed by atoms with Crippen molar-refractivity contribution in [2.24, 2.45) is 0 Å². The summed E-state index contributed by atoms with van der Waals surface area (Å²) in [6, 6.07) is 1.81. The lowest BCUT2D eigenvalue weighted by Gasteiger charge is -1.98. The van der Waals surface area contributed by atoms with E-state index in [2.05, 4.69) is 9.97 Å². The van der Waals surface area contributed by atoms with Crippen LogP contribution in [0.4, 0.5) is 0 Å². The third kappa shape index (κ3) is 1.44. The number of hydrogen-bond acceptors (Lipinski definition) is 3. The van der Waals surface area contributed by atoms with Crippen molar-refractivity contribution in [3.8, 4) is 0 Å². The first kappa shape index (κ1) is 8.68. The Bertz CT molecular complexity index is 490. The smallest absolute Gasteiger partial charge is 0.309 e. The molecule has 0 aromatic carbocycles. The fourth-order valence-corrected chi connectivity index (χ4v) is 1.31. The second-order valence-electron chi connectivity index (χ2n) is 3.08. The molecule has 0 aliphatic heterocycles. The predicted octanol–water partition coefficient (Wildman–Crippen LogP) is 0.665. The molecule has 0 aliphatic carbocycles. The summed E-state index contributed by atoms with van der Waals surface area (Å²) in [6.07, 6.45) is 3.12. The molecule has 0 spiro atoms. The fraction of sp³-hybridized carbons (Fsp3) is 0.222. The number of nitrogens with zero attached hydrogens (tertiary/aromatic N) is 3. The van der Waals surface area contributed by atoms with Crippen LogP contribution >= 0.6 is 0 Å². The first-order chi connectivity index (χ1) is 6.66. The standard InChI is InChI=1S/C9H9N3O2/c1-6-2-8-10-4-7(3-9(13)14)12(8)5-11-6/h2,4-5H,3H2,1H3,(H,13,14). The van der Waals surface area contributed by atoms with Crippen molar-refractivity contribution in [2.45, 2.75) is 13.3 Å². The molecule has 0 saturated carbocycles. The van der Waals surface area contributed by atoms with Gasteiger partial charge in [0.15, 0.2) is 0 Å². The molecule has 0 unspecified atom stereocenters. The van der Waals surface area contributed by atoms with E-state index in [0.717, 1.165) is 11.3 Å². The van der Waals surface area contributed by atoms with Gasteiger partial charge in [-0.2, -0.15) is 0 Å². The molecule has 0 bridgehead atoms. The Morgan fingerprint density at radius 3 is 3.07 bits per heavy atom. The molecule has 0 atom stereocenters. The number of fused-ring (bicyclic) bond motifs is 1. The largest absolute Gasteiger partial charge is 0.481 e. The van der Waals surface area contributed by atoms with Gasteiger partial charge in [-0.3, -0.25) is 9.20 Å². The van der Waals surface area contributed by atoms with Crippen molar-refractivity contribution >= 4 is 11.6 Å². The topological polar surface area (TPSA) is 67.5 Å². The minimum Gasteiger partial charge on any atom is -0.481 e. The number of aromatic nitrogens is 3. The van der Waals surface area contributed by atoms with Crippen molar-refractivity contribution < 1.29 is 9.90 Å². The highest BCUT2D eigenvalue weighted by Gasteiger charge is 2.07. The van der Waals surface area contributed by atoms with Gasteiger partial charge in [0.05, 0.1) is 12.1 Å². The summed E-state index contributed by atoms with van der Waals surface area (Å²) in [5, 5.41) is 8.64. The number of rotatable bonds is 2. The van der Waals surface area contributed by atoms with Crippen molar-refractivity contribution in [3.63, 3.8) is 0 Å². The monoisotopic (exact) mass is 191 g/mol. The van der Waals surface area contributed by atoms with Gasteiger partial charge >= 0.3 is 5.97 Å². The average molecular weight is 191 g/mol. The van der Waals surface area contributed by atoms with Gasteiger partial charge in [-0.15, -0.1) is 0 Å². The summed E-state index contributed by atoms with van der Waals surface area (Å²) in [5.41, 5.74) is 2.23. The van der Waals surface area contributed by atoms with Crippen molar-refractivity contribution in [1.82, 2.24) is 14.4 Å². The van der Waals surface area contributed by atoms with Crippen LogP contribution in [0.3, 0.4) is 0 Å². The molecule has 0 aliphatic rings. The first-order valence-corrected chi connectivity index (χ1v) is 4.17. The molecule has 5 nitrogen and oxygen atoms in total. The number of aliphatic carboxylic acids is 1. The van der Waals surface area contributed by atoms with Crippen LogP contribution < -0.4 is 0 Å². The fourth-order valence-electron chi connectivity index (χ4n) is 1.31. The Morgan fingerprint density at radius 2 is 2.36 bits per heavy atom. The molecule has 2 heterocycles. The van der Waals surface area contributed by atoms with E-state index in [0.29, 0.717) is 5.69 Å². The number of carboxylic acids is 1. The molecular weight excluding hydrogens is 182 g/mol. The zero-order valence-corrected chi connectivity index (χ0v) is 7.64. The third-order valence-corrected chi connectivity index (χ3v) is 1.95. The quantitative estimate of drug-likeness (QED) is 0.757. The minimum atomic E-state index is -0.868. The van der Waals surface area contributed by atoms with Crippen molar-refractivity contribution in [3.05, 3.63) is 30.0 Å². The maximum Gasteiger partial charge on any atom is 0.309 e. The Morgan fingerprint density at radius 1 is 1.57 bits per heavy atom. The van der Waals surface area contributed by atoms with Crippen LogP contribution in [-0.2, 0) is 11.2 Å². The predicted molar refractivity (Wildman–Crippen MR) is 49.1 cm³/mol. The molecule has 1 N–H and O–H groups in total. The maximum absolute atomic E-state index is 10.5. The van der Waals surface area contributed by atoms with E-state index in [1.807, 2.05) is 13.0 Å². The van der Waals surface area contributed by atoms with Crippen LogP contribution in [0.25, 0.3) is 5.65 Å². The Kier molecular flexibility index (Phi) is 1.92.